The van der Waals surface area contributed by atoms with Gasteiger partial charge in [0.2, 0.25) is 5.91 Å². The Hall–Kier alpha value is -2.27. The van der Waals surface area contributed by atoms with Crippen LogP contribution in [0.5, 0.6) is 0 Å². The molecule has 0 bridgehead atoms. The number of anilines is 1. The highest BCUT2D eigenvalue weighted by Crippen LogP contribution is 2.26. The first-order valence-electron chi connectivity index (χ1n) is 8.97. The smallest absolute Gasteiger partial charge is 0.224 e. The molecule has 2 aromatic carbocycles. The Balaban J connectivity index is 1.66. The quantitative estimate of drug-likeness (QED) is 0.814. The lowest BCUT2D eigenvalue weighted by Gasteiger charge is -2.38. The highest BCUT2D eigenvalue weighted by molar-refractivity contribution is 5.92. The molecule has 1 fully saturated rings. The summed E-state index contributed by atoms with van der Waals surface area (Å²) in [7, 11) is 0. The van der Waals surface area contributed by atoms with Gasteiger partial charge in [0.05, 0.1) is 0 Å². The van der Waals surface area contributed by atoms with E-state index in [9.17, 15) is 13.6 Å². The van der Waals surface area contributed by atoms with E-state index in [4.69, 9.17) is 0 Å². The monoisotopic (exact) mass is 358 g/mol. The zero-order chi connectivity index (χ0) is 18.7. The maximum Gasteiger partial charge on any atom is 0.224 e. The average Bonchev–Trinajstić information content (AvgIpc) is 2.59. The van der Waals surface area contributed by atoms with Crippen molar-refractivity contribution in [3.8, 4) is 0 Å². The molecule has 0 radical (unpaired) electrons. The van der Waals surface area contributed by atoms with E-state index in [-0.39, 0.29) is 23.6 Å². The van der Waals surface area contributed by atoms with Gasteiger partial charge in [0.1, 0.15) is 11.6 Å². The number of halogens is 2. The topological polar surface area (TPSA) is 23.6 Å². The van der Waals surface area contributed by atoms with E-state index in [1.54, 1.807) is 36.1 Å². The lowest BCUT2D eigenvalue weighted by molar-refractivity contribution is -0.117. The number of carbonyl (C=O) groups is 1. The van der Waals surface area contributed by atoms with Crippen LogP contribution in [-0.2, 0) is 11.3 Å². The van der Waals surface area contributed by atoms with Crippen molar-refractivity contribution in [1.29, 1.82) is 0 Å². The minimum Gasteiger partial charge on any atom is -0.309 e. The SMILES string of the molecule is CC(=O)N(c1ccc(C)c(F)c1)C1CCN(Cc2cccc(F)c2)CC1. The third-order valence-electron chi connectivity index (χ3n) is 4.99. The summed E-state index contributed by atoms with van der Waals surface area (Å²) < 4.78 is 27.3. The Labute approximate surface area is 153 Å². The normalized spacial score (nSPS) is 15.8. The highest BCUT2D eigenvalue weighted by Gasteiger charge is 2.27. The average molecular weight is 358 g/mol. The molecule has 1 heterocycles. The van der Waals surface area contributed by atoms with Gasteiger partial charge < -0.3 is 4.90 Å². The Kier molecular flexibility index (Phi) is 5.67. The number of likely N-dealkylation sites (tertiary alicyclic amines) is 1. The van der Waals surface area contributed by atoms with Gasteiger partial charge in [0.15, 0.2) is 0 Å². The van der Waals surface area contributed by atoms with Crippen molar-refractivity contribution in [3.05, 3.63) is 65.2 Å². The van der Waals surface area contributed by atoms with Crippen LogP contribution in [0.15, 0.2) is 42.5 Å². The van der Waals surface area contributed by atoms with Crippen LogP contribution in [0, 0.1) is 18.6 Å². The van der Waals surface area contributed by atoms with Gasteiger partial charge in [0, 0.05) is 38.3 Å². The molecule has 1 saturated heterocycles. The molecule has 3 rings (SSSR count). The van der Waals surface area contributed by atoms with E-state index in [0.717, 1.165) is 31.5 Å². The van der Waals surface area contributed by atoms with E-state index >= 15 is 0 Å². The van der Waals surface area contributed by atoms with E-state index in [1.807, 2.05) is 6.07 Å². The fourth-order valence-electron chi connectivity index (χ4n) is 3.61. The first kappa shape index (κ1) is 18.5. The zero-order valence-corrected chi connectivity index (χ0v) is 15.2. The fraction of sp³-hybridized carbons (Fsp3) is 0.381. The fourth-order valence-corrected chi connectivity index (χ4v) is 3.61. The molecule has 0 unspecified atom stereocenters. The molecule has 1 aliphatic rings. The summed E-state index contributed by atoms with van der Waals surface area (Å²) in [6, 6.07) is 11.7. The molecule has 0 aromatic heterocycles. The first-order valence-corrected chi connectivity index (χ1v) is 8.97. The number of hydrogen-bond acceptors (Lipinski definition) is 2. The van der Waals surface area contributed by atoms with E-state index in [2.05, 4.69) is 4.90 Å². The third kappa shape index (κ3) is 4.28. The summed E-state index contributed by atoms with van der Waals surface area (Å²) in [5.41, 5.74) is 2.14. The summed E-state index contributed by atoms with van der Waals surface area (Å²) >= 11 is 0. The molecule has 0 saturated carbocycles. The van der Waals surface area contributed by atoms with Crippen LogP contribution in [0.1, 0.15) is 30.9 Å². The Morgan fingerprint density at radius 2 is 1.88 bits per heavy atom. The molecule has 0 atom stereocenters. The molecule has 0 aliphatic carbocycles. The largest absolute Gasteiger partial charge is 0.309 e. The maximum atomic E-state index is 13.9. The molecular weight excluding hydrogens is 334 g/mol. The molecule has 138 valence electrons. The Morgan fingerprint density at radius 1 is 1.15 bits per heavy atom. The molecule has 1 aliphatic heterocycles. The summed E-state index contributed by atoms with van der Waals surface area (Å²) in [6.07, 6.45) is 1.62. The third-order valence-corrected chi connectivity index (χ3v) is 4.99. The van der Waals surface area contributed by atoms with Crippen LogP contribution < -0.4 is 4.90 Å². The van der Waals surface area contributed by atoms with Crippen molar-refractivity contribution in [1.82, 2.24) is 4.90 Å². The van der Waals surface area contributed by atoms with Crippen LogP contribution in [0.2, 0.25) is 0 Å². The van der Waals surface area contributed by atoms with Crippen molar-refractivity contribution >= 4 is 11.6 Å². The summed E-state index contributed by atoms with van der Waals surface area (Å²) in [5.74, 6) is -0.587. The minimum absolute atomic E-state index is 0.0540. The lowest BCUT2D eigenvalue weighted by Crippen LogP contribution is -2.46. The molecule has 26 heavy (non-hydrogen) atoms. The van der Waals surface area contributed by atoms with Gasteiger partial charge in [-0.2, -0.15) is 0 Å². The van der Waals surface area contributed by atoms with E-state index in [1.165, 1.54) is 19.1 Å². The van der Waals surface area contributed by atoms with Gasteiger partial charge in [-0.25, -0.2) is 8.78 Å². The number of piperidine rings is 1. The second-order valence-corrected chi connectivity index (χ2v) is 6.96. The summed E-state index contributed by atoms with van der Waals surface area (Å²) in [4.78, 5) is 16.2. The van der Waals surface area contributed by atoms with E-state index < -0.39 is 0 Å². The lowest BCUT2D eigenvalue weighted by atomic mass is 10.0. The van der Waals surface area contributed by atoms with Crippen LogP contribution in [-0.4, -0.2) is 29.9 Å². The molecule has 5 heteroatoms. The van der Waals surface area contributed by atoms with Gasteiger partial charge in [-0.05, 0) is 55.2 Å². The van der Waals surface area contributed by atoms with Gasteiger partial charge in [-0.15, -0.1) is 0 Å². The van der Waals surface area contributed by atoms with Crippen molar-refractivity contribution in [3.63, 3.8) is 0 Å². The standard InChI is InChI=1S/C21H24F2N2O/c1-15-6-7-20(13-21(15)23)25(16(2)26)19-8-10-24(11-9-19)14-17-4-3-5-18(22)12-17/h3-7,12-13,19H,8-11,14H2,1-2H3. The zero-order valence-electron chi connectivity index (χ0n) is 15.2. The number of carbonyl (C=O) groups excluding carboxylic acids is 1. The Morgan fingerprint density at radius 3 is 2.50 bits per heavy atom. The van der Waals surface area contributed by atoms with Gasteiger partial charge in [0.25, 0.3) is 0 Å². The van der Waals surface area contributed by atoms with Crippen molar-refractivity contribution in [2.24, 2.45) is 0 Å². The molecule has 0 spiro atoms. The number of nitrogens with zero attached hydrogens (tertiary/aromatic N) is 2. The molecule has 3 nitrogen and oxygen atoms in total. The van der Waals surface area contributed by atoms with Crippen LogP contribution in [0.25, 0.3) is 0 Å². The van der Waals surface area contributed by atoms with E-state index in [0.29, 0.717) is 17.8 Å². The number of rotatable bonds is 4. The van der Waals surface area contributed by atoms with Crippen LogP contribution >= 0.6 is 0 Å². The number of amides is 1. The van der Waals surface area contributed by atoms with Gasteiger partial charge in [-0.1, -0.05) is 18.2 Å². The van der Waals surface area contributed by atoms with Crippen LogP contribution in [0.4, 0.5) is 14.5 Å². The van der Waals surface area contributed by atoms with Crippen molar-refractivity contribution in [2.75, 3.05) is 18.0 Å². The number of aryl methyl sites for hydroxylation is 1. The van der Waals surface area contributed by atoms with Crippen molar-refractivity contribution < 1.29 is 13.6 Å². The highest BCUT2D eigenvalue weighted by atomic mass is 19.1. The molecule has 2 aromatic rings. The first-order chi connectivity index (χ1) is 12.4. The molecule has 1 amide bonds. The maximum absolute atomic E-state index is 13.9. The summed E-state index contributed by atoms with van der Waals surface area (Å²) in [5, 5.41) is 0. The Bertz CT molecular complexity index is 785. The van der Waals surface area contributed by atoms with Crippen LogP contribution in [0.3, 0.4) is 0 Å². The molecular formula is C21H24F2N2O. The van der Waals surface area contributed by atoms with Crippen molar-refractivity contribution in [2.45, 2.75) is 39.3 Å². The summed E-state index contributed by atoms with van der Waals surface area (Å²) in [6.45, 7) is 5.57. The molecule has 0 N–H and O–H groups in total. The number of hydrogen-bond donors (Lipinski definition) is 0. The predicted molar refractivity (Wildman–Crippen MR) is 99.0 cm³/mol. The number of benzene rings is 2. The minimum atomic E-state index is -0.294. The van der Waals surface area contributed by atoms with Gasteiger partial charge in [-0.3, -0.25) is 9.69 Å². The second-order valence-electron chi connectivity index (χ2n) is 6.96. The second kappa shape index (κ2) is 7.96. The predicted octanol–water partition coefficient (Wildman–Crippen LogP) is 4.29. The van der Waals surface area contributed by atoms with Gasteiger partial charge >= 0.3 is 0 Å².